The van der Waals surface area contributed by atoms with E-state index in [0.29, 0.717) is 0 Å². The summed E-state index contributed by atoms with van der Waals surface area (Å²) in [5.74, 6) is -0.194. The smallest absolute Gasteiger partial charge is 0.137 e. The topological polar surface area (TPSA) is 119 Å². The third-order valence-corrected chi connectivity index (χ3v) is 1.53. The fraction of sp³-hybridized carbons (Fsp3) is 0.333. The van der Waals surface area contributed by atoms with Crippen LogP contribution < -0.4 is 17.2 Å². The summed E-state index contributed by atoms with van der Waals surface area (Å²) in [7, 11) is 0. The lowest BCUT2D eigenvalue weighted by molar-refractivity contribution is 0.149. The van der Waals surface area contributed by atoms with E-state index in [1.54, 1.807) is 0 Å². The van der Waals surface area contributed by atoms with Gasteiger partial charge in [-0.05, 0) is 12.2 Å². The van der Waals surface area contributed by atoms with Gasteiger partial charge in [-0.1, -0.05) is 0 Å². The van der Waals surface area contributed by atoms with Gasteiger partial charge in [0.15, 0.2) is 0 Å². The average molecular weight is 157 g/mol. The van der Waals surface area contributed by atoms with Crippen molar-refractivity contribution >= 4 is 0 Å². The molecule has 0 aromatic carbocycles. The molecule has 0 amide bonds. The molecule has 0 saturated heterocycles. The van der Waals surface area contributed by atoms with Crippen LogP contribution in [-0.4, -0.2) is 22.0 Å². The van der Waals surface area contributed by atoms with E-state index in [9.17, 15) is 0 Å². The molecule has 5 nitrogen and oxygen atoms in total. The van der Waals surface area contributed by atoms with Gasteiger partial charge in [-0.2, -0.15) is 0 Å². The van der Waals surface area contributed by atoms with E-state index in [2.05, 4.69) is 0 Å². The standard InChI is InChI=1S/C6H11N3O2/c7-3-1-5(11)6(8,9)2-4(3)10/h1-2,5,10-11H,7-9H2. The molecule has 0 radical (unpaired) electrons. The second-order valence-electron chi connectivity index (χ2n) is 2.60. The largest absolute Gasteiger partial charge is 0.506 e. The molecule has 1 atom stereocenters. The summed E-state index contributed by atoms with van der Waals surface area (Å²) in [5, 5.41) is 18.2. The van der Waals surface area contributed by atoms with Crippen LogP contribution in [0, 0.1) is 0 Å². The zero-order chi connectivity index (χ0) is 8.65. The molecule has 62 valence electrons. The molecule has 1 aliphatic carbocycles. The molecule has 0 saturated carbocycles. The van der Waals surface area contributed by atoms with Crippen molar-refractivity contribution in [2.24, 2.45) is 17.2 Å². The SMILES string of the molecule is NC1=CC(O)C(N)(N)C=C1O. The van der Waals surface area contributed by atoms with Crippen molar-refractivity contribution in [1.29, 1.82) is 0 Å². The van der Waals surface area contributed by atoms with Gasteiger partial charge in [0.05, 0.1) is 5.70 Å². The van der Waals surface area contributed by atoms with Crippen LogP contribution >= 0.6 is 0 Å². The molecule has 0 fully saturated rings. The van der Waals surface area contributed by atoms with E-state index < -0.39 is 11.8 Å². The molecule has 0 bridgehead atoms. The highest BCUT2D eigenvalue weighted by Crippen LogP contribution is 2.16. The number of aliphatic hydroxyl groups is 2. The summed E-state index contributed by atoms with van der Waals surface area (Å²) in [5.41, 5.74) is 14.7. The highest BCUT2D eigenvalue weighted by Gasteiger charge is 2.30. The van der Waals surface area contributed by atoms with Crippen molar-refractivity contribution in [2.75, 3.05) is 0 Å². The summed E-state index contributed by atoms with van der Waals surface area (Å²) in [6, 6.07) is 0. The van der Waals surface area contributed by atoms with E-state index in [4.69, 9.17) is 27.4 Å². The number of nitrogens with two attached hydrogens (primary N) is 3. The molecular weight excluding hydrogens is 146 g/mol. The van der Waals surface area contributed by atoms with Gasteiger partial charge in [-0.3, -0.25) is 0 Å². The Morgan fingerprint density at radius 3 is 2.45 bits per heavy atom. The van der Waals surface area contributed by atoms with Gasteiger partial charge in [0, 0.05) is 0 Å². The normalized spacial score (nSPS) is 29.2. The molecule has 0 aliphatic heterocycles. The Labute approximate surface area is 63.8 Å². The van der Waals surface area contributed by atoms with Crippen LogP contribution in [0.4, 0.5) is 0 Å². The van der Waals surface area contributed by atoms with Crippen LogP contribution in [0.25, 0.3) is 0 Å². The quantitative estimate of drug-likeness (QED) is 0.267. The second-order valence-corrected chi connectivity index (χ2v) is 2.60. The van der Waals surface area contributed by atoms with Crippen molar-refractivity contribution < 1.29 is 10.2 Å². The zero-order valence-electron chi connectivity index (χ0n) is 5.86. The Hall–Kier alpha value is -1.04. The van der Waals surface area contributed by atoms with Gasteiger partial charge in [-0.15, -0.1) is 0 Å². The fourth-order valence-electron chi connectivity index (χ4n) is 0.805. The lowest BCUT2D eigenvalue weighted by Crippen LogP contribution is -2.58. The molecule has 1 rings (SSSR count). The molecule has 8 N–H and O–H groups in total. The van der Waals surface area contributed by atoms with Gasteiger partial charge < -0.3 is 27.4 Å². The summed E-state index contributed by atoms with van der Waals surface area (Å²) in [6.45, 7) is 0. The van der Waals surface area contributed by atoms with Gasteiger partial charge in [-0.25, -0.2) is 0 Å². The van der Waals surface area contributed by atoms with Crippen LogP contribution in [0.15, 0.2) is 23.6 Å². The van der Waals surface area contributed by atoms with Crippen molar-refractivity contribution in [2.45, 2.75) is 11.8 Å². The maximum absolute atomic E-state index is 9.16. The molecule has 0 aromatic heterocycles. The first kappa shape index (κ1) is 8.06. The van der Waals surface area contributed by atoms with Crippen molar-refractivity contribution in [3.8, 4) is 0 Å². The third-order valence-electron chi connectivity index (χ3n) is 1.53. The first-order valence-corrected chi connectivity index (χ1v) is 3.09. The summed E-state index contributed by atoms with van der Waals surface area (Å²) in [4.78, 5) is 0. The fourth-order valence-corrected chi connectivity index (χ4v) is 0.805. The monoisotopic (exact) mass is 157 g/mol. The number of hydrogen-bond donors (Lipinski definition) is 5. The minimum Gasteiger partial charge on any atom is -0.506 e. The minimum atomic E-state index is -1.42. The van der Waals surface area contributed by atoms with Crippen LogP contribution in [0.1, 0.15) is 0 Å². The van der Waals surface area contributed by atoms with Crippen LogP contribution in [-0.2, 0) is 0 Å². The Balaban J connectivity index is 2.98. The van der Waals surface area contributed by atoms with Crippen molar-refractivity contribution in [3.63, 3.8) is 0 Å². The van der Waals surface area contributed by atoms with Crippen molar-refractivity contribution in [3.05, 3.63) is 23.6 Å². The predicted octanol–water partition coefficient (Wildman–Crippen LogP) is -1.74. The van der Waals surface area contributed by atoms with E-state index in [1.165, 1.54) is 6.08 Å². The Morgan fingerprint density at radius 1 is 1.45 bits per heavy atom. The zero-order valence-corrected chi connectivity index (χ0v) is 5.86. The van der Waals surface area contributed by atoms with Gasteiger partial charge in [0.2, 0.25) is 0 Å². The second kappa shape index (κ2) is 2.23. The first-order chi connectivity index (χ1) is 4.93. The van der Waals surface area contributed by atoms with Gasteiger partial charge in [0.1, 0.15) is 17.5 Å². The third kappa shape index (κ3) is 1.35. The molecule has 11 heavy (non-hydrogen) atoms. The number of hydrogen-bond acceptors (Lipinski definition) is 5. The highest BCUT2D eigenvalue weighted by molar-refractivity contribution is 5.33. The molecule has 1 aliphatic rings. The molecule has 0 heterocycles. The van der Waals surface area contributed by atoms with Crippen LogP contribution in [0.2, 0.25) is 0 Å². The average Bonchev–Trinajstić information content (AvgIpc) is 1.83. The maximum atomic E-state index is 9.16. The predicted molar refractivity (Wildman–Crippen MR) is 40.1 cm³/mol. The lowest BCUT2D eigenvalue weighted by atomic mass is 9.97. The summed E-state index contributed by atoms with van der Waals surface area (Å²) < 4.78 is 0. The van der Waals surface area contributed by atoms with Crippen molar-refractivity contribution in [1.82, 2.24) is 0 Å². The van der Waals surface area contributed by atoms with Gasteiger partial charge >= 0.3 is 0 Å². The number of aliphatic hydroxyl groups excluding tert-OH is 2. The lowest BCUT2D eigenvalue weighted by Gasteiger charge is -2.28. The molecular formula is C6H11N3O2. The highest BCUT2D eigenvalue weighted by atomic mass is 16.3. The van der Waals surface area contributed by atoms with Gasteiger partial charge in [0.25, 0.3) is 0 Å². The summed E-state index contributed by atoms with van der Waals surface area (Å²) in [6.07, 6.45) is 1.26. The number of rotatable bonds is 0. The molecule has 1 unspecified atom stereocenters. The molecule has 0 spiro atoms. The Kier molecular flexibility index (Phi) is 1.63. The molecule has 0 aromatic rings. The van der Waals surface area contributed by atoms with E-state index in [1.807, 2.05) is 0 Å². The maximum Gasteiger partial charge on any atom is 0.137 e. The minimum absolute atomic E-state index is 0.0871. The van der Waals surface area contributed by atoms with Crippen LogP contribution in [0.5, 0.6) is 0 Å². The van der Waals surface area contributed by atoms with E-state index >= 15 is 0 Å². The summed E-state index contributed by atoms with van der Waals surface area (Å²) >= 11 is 0. The van der Waals surface area contributed by atoms with Crippen LogP contribution in [0.3, 0.4) is 0 Å². The van der Waals surface area contributed by atoms with E-state index in [0.717, 1.165) is 6.08 Å². The van der Waals surface area contributed by atoms with E-state index in [-0.39, 0.29) is 11.5 Å². The Morgan fingerprint density at radius 2 is 2.00 bits per heavy atom. The molecule has 5 heteroatoms. The Bertz CT molecular complexity index is 232. The first-order valence-electron chi connectivity index (χ1n) is 3.09.